The second-order valence-electron chi connectivity index (χ2n) is 6.06. The Morgan fingerprint density at radius 2 is 1.73 bits per heavy atom. The number of hydrogen-bond donors (Lipinski definition) is 1. The normalized spacial score (nSPS) is 14.4. The minimum Gasteiger partial charge on any atom is -0.491 e. The number of sulfonamides is 1. The molecule has 0 atom stereocenters. The lowest BCUT2D eigenvalue weighted by Crippen LogP contribution is -2.23. The Hall–Kier alpha value is -2.74. The molecule has 26 heavy (non-hydrogen) atoms. The first-order valence-electron chi connectivity index (χ1n) is 8.19. The average Bonchev–Trinajstić information content (AvgIpc) is 3.01. The Balaban J connectivity index is 1.71. The molecule has 1 saturated heterocycles. The molecule has 138 valence electrons. The Bertz CT molecular complexity index is 877. The third-order valence-electron chi connectivity index (χ3n) is 3.70. The van der Waals surface area contributed by atoms with Gasteiger partial charge in [-0.1, -0.05) is 0 Å². The molecule has 1 fully saturated rings. The summed E-state index contributed by atoms with van der Waals surface area (Å²) in [5, 5.41) is 0. The van der Waals surface area contributed by atoms with E-state index >= 15 is 0 Å². The van der Waals surface area contributed by atoms with Gasteiger partial charge in [0, 0.05) is 11.4 Å². The molecule has 0 radical (unpaired) electrons. The van der Waals surface area contributed by atoms with Gasteiger partial charge in [0.15, 0.2) is 0 Å². The van der Waals surface area contributed by atoms with Gasteiger partial charge in [-0.2, -0.15) is 0 Å². The van der Waals surface area contributed by atoms with Gasteiger partial charge in [0.1, 0.15) is 12.4 Å². The van der Waals surface area contributed by atoms with E-state index in [1.54, 1.807) is 36.4 Å². The van der Waals surface area contributed by atoms with E-state index in [0.717, 1.165) is 0 Å². The fourth-order valence-electron chi connectivity index (χ4n) is 2.52. The van der Waals surface area contributed by atoms with Crippen molar-refractivity contribution in [2.45, 2.75) is 24.8 Å². The van der Waals surface area contributed by atoms with Crippen molar-refractivity contribution in [3.63, 3.8) is 0 Å². The van der Waals surface area contributed by atoms with Gasteiger partial charge in [0.2, 0.25) is 0 Å². The van der Waals surface area contributed by atoms with Gasteiger partial charge >= 0.3 is 6.09 Å². The number of amides is 1. The van der Waals surface area contributed by atoms with E-state index in [-0.39, 0.29) is 11.0 Å². The number of nitrogens with one attached hydrogen (secondary N) is 1. The van der Waals surface area contributed by atoms with Crippen LogP contribution in [-0.2, 0) is 14.8 Å². The molecule has 8 heteroatoms. The quantitative estimate of drug-likeness (QED) is 0.837. The first-order chi connectivity index (χ1) is 12.3. The summed E-state index contributed by atoms with van der Waals surface area (Å²) < 4.78 is 37.9. The molecule has 1 aliphatic rings. The Kier molecular flexibility index (Phi) is 5.03. The number of cyclic esters (lactones) is 1. The van der Waals surface area contributed by atoms with Crippen molar-refractivity contribution < 1.29 is 22.7 Å². The van der Waals surface area contributed by atoms with Crippen molar-refractivity contribution in [2.75, 3.05) is 22.8 Å². The predicted octanol–water partition coefficient (Wildman–Crippen LogP) is 3.23. The van der Waals surface area contributed by atoms with Crippen molar-refractivity contribution in [2.24, 2.45) is 0 Å². The SMILES string of the molecule is CC(C)Oc1ccc(S(=O)(=O)Nc2ccc(N3CCOC3=O)cc2)cc1. The summed E-state index contributed by atoms with van der Waals surface area (Å²) in [6.45, 7) is 4.63. The van der Waals surface area contributed by atoms with Gasteiger partial charge in [0.25, 0.3) is 10.0 Å². The standard InChI is InChI=1S/C18H20N2O5S/c1-13(2)25-16-7-9-17(10-8-16)26(22,23)19-14-3-5-15(6-4-14)20-11-12-24-18(20)21/h3-10,13,19H,11-12H2,1-2H3. The largest absolute Gasteiger partial charge is 0.491 e. The molecule has 0 aromatic heterocycles. The first-order valence-corrected chi connectivity index (χ1v) is 9.67. The molecule has 0 bridgehead atoms. The number of nitrogens with zero attached hydrogens (tertiary/aromatic N) is 1. The molecule has 7 nitrogen and oxygen atoms in total. The van der Waals surface area contributed by atoms with Crippen molar-refractivity contribution in [1.29, 1.82) is 0 Å². The Morgan fingerprint density at radius 3 is 2.27 bits per heavy atom. The van der Waals surface area contributed by atoms with Gasteiger partial charge in [-0.3, -0.25) is 9.62 Å². The van der Waals surface area contributed by atoms with E-state index in [2.05, 4.69) is 4.72 Å². The molecule has 3 rings (SSSR count). The van der Waals surface area contributed by atoms with Gasteiger partial charge in [0.05, 0.1) is 17.5 Å². The van der Waals surface area contributed by atoms with E-state index in [0.29, 0.717) is 30.3 Å². The summed E-state index contributed by atoms with van der Waals surface area (Å²) in [6.07, 6.45) is -0.385. The monoisotopic (exact) mass is 376 g/mol. The highest BCUT2D eigenvalue weighted by molar-refractivity contribution is 7.92. The molecular formula is C18H20N2O5S. The van der Waals surface area contributed by atoms with E-state index < -0.39 is 16.1 Å². The zero-order valence-electron chi connectivity index (χ0n) is 14.5. The second kappa shape index (κ2) is 7.25. The summed E-state index contributed by atoms with van der Waals surface area (Å²) in [5.74, 6) is 0.612. The van der Waals surface area contributed by atoms with Crippen LogP contribution >= 0.6 is 0 Å². The van der Waals surface area contributed by atoms with Crippen LogP contribution in [0.1, 0.15) is 13.8 Å². The van der Waals surface area contributed by atoms with Gasteiger partial charge in [-0.25, -0.2) is 13.2 Å². The summed E-state index contributed by atoms with van der Waals surface area (Å²) in [7, 11) is -3.71. The summed E-state index contributed by atoms with van der Waals surface area (Å²) >= 11 is 0. The number of benzene rings is 2. The van der Waals surface area contributed by atoms with Crippen molar-refractivity contribution in [1.82, 2.24) is 0 Å². The number of rotatable bonds is 6. The lowest BCUT2D eigenvalue weighted by Gasteiger charge is -2.14. The minimum absolute atomic E-state index is 0.0157. The predicted molar refractivity (Wildman–Crippen MR) is 98.2 cm³/mol. The van der Waals surface area contributed by atoms with Crippen LogP contribution in [0.2, 0.25) is 0 Å². The van der Waals surface area contributed by atoms with Crippen LogP contribution in [-0.4, -0.2) is 33.8 Å². The Labute approximate surface area is 152 Å². The van der Waals surface area contributed by atoms with Crippen LogP contribution in [0.25, 0.3) is 0 Å². The lowest BCUT2D eigenvalue weighted by atomic mass is 10.2. The third-order valence-corrected chi connectivity index (χ3v) is 5.10. The fraction of sp³-hybridized carbons (Fsp3) is 0.278. The van der Waals surface area contributed by atoms with Crippen LogP contribution in [0.15, 0.2) is 53.4 Å². The number of carbonyl (C=O) groups excluding carboxylic acids is 1. The Morgan fingerprint density at radius 1 is 1.08 bits per heavy atom. The smallest absolute Gasteiger partial charge is 0.414 e. The molecule has 0 spiro atoms. The fourth-order valence-corrected chi connectivity index (χ4v) is 3.58. The van der Waals surface area contributed by atoms with Gasteiger partial charge in [-0.15, -0.1) is 0 Å². The van der Waals surface area contributed by atoms with Gasteiger partial charge in [-0.05, 0) is 62.4 Å². The van der Waals surface area contributed by atoms with Crippen LogP contribution in [0, 0.1) is 0 Å². The minimum atomic E-state index is -3.71. The maximum atomic E-state index is 12.5. The molecular weight excluding hydrogens is 356 g/mol. The topological polar surface area (TPSA) is 84.9 Å². The van der Waals surface area contributed by atoms with Crippen molar-refractivity contribution in [3.8, 4) is 5.75 Å². The first kappa shape index (κ1) is 18.1. The molecule has 2 aromatic rings. The number of anilines is 2. The van der Waals surface area contributed by atoms with E-state index in [4.69, 9.17) is 9.47 Å². The molecule has 0 aliphatic carbocycles. The lowest BCUT2D eigenvalue weighted by molar-refractivity contribution is 0.181. The summed E-state index contributed by atoms with van der Waals surface area (Å²) in [4.78, 5) is 13.2. The average molecular weight is 376 g/mol. The van der Waals surface area contributed by atoms with Crippen molar-refractivity contribution in [3.05, 3.63) is 48.5 Å². The summed E-state index contributed by atoms with van der Waals surface area (Å²) in [5.41, 5.74) is 1.06. The summed E-state index contributed by atoms with van der Waals surface area (Å²) in [6, 6.07) is 12.8. The molecule has 1 amide bonds. The highest BCUT2D eigenvalue weighted by Gasteiger charge is 2.23. The maximum absolute atomic E-state index is 12.5. The molecule has 1 heterocycles. The molecule has 0 unspecified atom stereocenters. The number of carbonyl (C=O) groups is 1. The van der Waals surface area contributed by atoms with Crippen LogP contribution in [0.4, 0.5) is 16.2 Å². The van der Waals surface area contributed by atoms with Gasteiger partial charge < -0.3 is 9.47 Å². The van der Waals surface area contributed by atoms with E-state index in [9.17, 15) is 13.2 Å². The molecule has 0 saturated carbocycles. The number of ether oxygens (including phenoxy) is 2. The zero-order valence-corrected chi connectivity index (χ0v) is 15.3. The van der Waals surface area contributed by atoms with Crippen LogP contribution in [0.5, 0.6) is 5.75 Å². The highest BCUT2D eigenvalue weighted by Crippen LogP contribution is 2.24. The van der Waals surface area contributed by atoms with Crippen molar-refractivity contribution >= 4 is 27.5 Å². The van der Waals surface area contributed by atoms with Crippen LogP contribution in [0.3, 0.4) is 0 Å². The van der Waals surface area contributed by atoms with E-state index in [1.165, 1.54) is 17.0 Å². The number of hydrogen-bond acceptors (Lipinski definition) is 5. The second-order valence-corrected chi connectivity index (χ2v) is 7.74. The molecule has 2 aromatic carbocycles. The highest BCUT2D eigenvalue weighted by atomic mass is 32.2. The molecule has 1 aliphatic heterocycles. The molecule has 1 N–H and O–H groups in total. The third kappa shape index (κ3) is 4.08. The van der Waals surface area contributed by atoms with E-state index in [1.807, 2.05) is 13.8 Å². The maximum Gasteiger partial charge on any atom is 0.414 e. The van der Waals surface area contributed by atoms with Crippen LogP contribution < -0.4 is 14.4 Å². The zero-order chi connectivity index (χ0) is 18.7.